The van der Waals surface area contributed by atoms with Crippen molar-refractivity contribution in [1.82, 2.24) is 9.99 Å². The molecule has 1 amide bonds. The van der Waals surface area contributed by atoms with E-state index >= 15 is 0 Å². The normalized spacial score (nSPS) is 13.7. The molecule has 0 aliphatic carbocycles. The van der Waals surface area contributed by atoms with Gasteiger partial charge in [-0.1, -0.05) is 6.07 Å². The number of Topliss-reactive ketones (excluding diaryl/α,β-unsaturated/α-hetero) is 1. The molecule has 1 N–H and O–H groups in total. The van der Waals surface area contributed by atoms with Crippen LogP contribution in [0.4, 0.5) is 4.39 Å². The molecule has 140 valence electrons. The summed E-state index contributed by atoms with van der Waals surface area (Å²) in [6, 6.07) is 7.74. The lowest BCUT2D eigenvalue weighted by Crippen LogP contribution is -2.31. The molecular formula is C19H18FN3O4. The summed E-state index contributed by atoms with van der Waals surface area (Å²) in [6.45, 7) is 3.10. The molecule has 0 saturated heterocycles. The summed E-state index contributed by atoms with van der Waals surface area (Å²) in [5.41, 5.74) is 4.66. The van der Waals surface area contributed by atoms with E-state index in [9.17, 15) is 18.8 Å². The molecule has 0 spiro atoms. The van der Waals surface area contributed by atoms with Crippen LogP contribution < -0.4 is 5.43 Å². The molecule has 3 rings (SSSR count). The lowest BCUT2D eigenvalue weighted by molar-refractivity contribution is -0.134. The Balaban J connectivity index is 1.73. The van der Waals surface area contributed by atoms with E-state index in [0.717, 1.165) is 5.69 Å². The predicted molar refractivity (Wildman–Crippen MR) is 95.3 cm³/mol. The summed E-state index contributed by atoms with van der Waals surface area (Å²) in [5.74, 6) is -1.75. The number of ketones is 1. The number of nitrogens with one attached hydrogen (secondary N) is 1. The van der Waals surface area contributed by atoms with Crippen LogP contribution in [0, 0.1) is 19.7 Å². The molecule has 27 heavy (non-hydrogen) atoms. The fourth-order valence-corrected chi connectivity index (χ4v) is 2.97. The van der Waals surface area contributed by atoms with Crippen LogP contribution in [-0.2, 0) is 14.3 Å². The van der Waals surface area contributed by atoms with Crippen molar-refractivity contribution in [2.45, 2.75) is 26.7 Å². The second kappa shape index (κ2) is 7.53. The van der Waals surface area contributed by atoms with E-state index in [-0.39, 0.29) is 36.1 Å². The van der Waals surface area contributed by atoms with E-state index < -0.39 is 12.6 Å². The van der Waals surface area contributed by atoms with E-state index in [4.69, 9.17) is 4.74 Å². The number of aryl methyl sites for hydroxylation is 1. The standard InChI is InChI=1S/C19H18FN3O4/c1-11-8-15(12(2)23(11)14-5-3-4-13(20)9-14)17(24)10-27-19(26)16-6-7-18(25)22-21-16/h3-5,8-9H,6-7,10H2,1-2H3,(H,22,25). The van der Waals surface area contributed by atoms with Crippen molar-refractivity contribution in [2.75, 3.05) is 6.61 Å². The molecule has 0 saturated carbocycles. The van der Waals surface area contributed by atoms with Crippen molar-refractivity contribution in [3.05, 3.63) is 53.1 Å². The molecule has 2 aromatic rings. The van der Waals surface area contributed by atoms with Gasteiger partial charge in [0.05, 0.1) is 0 Å². The van der Waals surface area contributed by atoms with E-state index in [2.05, 4.69) is 10.5 Å². The van der Waals surface area contributed by atoms with E-state index in [0.29, 0.717) is 16.9 Å². The molecule has 7 nitrogen and oxygen atoms in total. The van der Waals surface area contributed by atoms with Gasteiger partial charge in [0.2, 0.25) is 11.7 Å². The zero-order valence-corrected chi connectivity index (χ0v) is 14.9. The van der Waals surface area contributed by atoms with Gasteiger partial charge in [-0.15, -0.1) is 0 Å². The predicted octanol–water partition coefficient (Wildman–Crippen LogP) is 2.23. The number of hydrazone groups is 1. The summed E-state index contributed by atoms with van der Waals surface area (Å²) >= 11 is 0. The topological polar surface area (TPSA) is 89.8 Å². The van der Waals surface area contributed by atoms with Crippen molar-refractivity contribution in [1.29, 1.82) is 0 Å². The molecule has 0 bridgehead atoms. The van der Waals surface area contributed by atoms with Crippen LogP contribution in [0.5, 0.6) is 0 Å². The zero-order chi connectivity index (χ0) is 19.6. The third-order valence-electron chi connectivity index (χ3n) is 4.27. The maximum absolute atomic E-state index is 13.5. The number of hydrogen-bond donors (Lipinski definition) is 1. The molecule has 0 radical (unpaired) electrons. The largest absolute Gasteiger partial charge is 0.453 e. The van der Waals surface area contributed by atoms with Crippen molar-refractivity contribution in [2.24, 2.45) is 5.10 Å². The van der Waals surface area contributed by atoms with Gasteiger partial charge in [-0.2, -0.15) is 5.10 Å². The monoisotopic (exact) mass is 371 g/mol. The Morgan fingerprint density at radius 3 is 2.70 bits per heavy atom. The van der Waals surface area contributed by atoms with Crippen molar-refractivity contribution >= 4 is 23.4 Å². The number of rotatable bonds is 5. The summed E-state index contributed by atoms with van der Waals surface area (Å²) in [4.78, 5) is 35.5. The average molecular weight is 371 g/mol. The van der Waals surface area contributed by atoms with Crippen LogP contribution in [0.3, 0.4) is 0 Å². The molecule has 0 fully saturated rings. The summed E-state index contributed by atoms with van der Waals surface area (Å²) in [7, 11) is 0. The summed E-state index contributed by atoms with van der Waals surface area (Å²) in [6.07, 6.45) is 0.323. The number of carbonyl (C=O) groups excluding carboxylic acids is 3. The van der Waals surface area contributed by atoms with E-state index in [1.54, 1.807) is 36.6 Å². The Hall–Kier alpha value is -3.29. The minimum Gasteiger partial charge on any atom is -0.453 e. The van der Waals surface area contributed by atoms with Gasteiger partial charge in [-0.05, 0) is 38.1 Å². The molecule has 0 atom stereocenters. The summed E-state index contributed by atoms with van der Waals surface area (Å²) < 4.78 is 20.3. The first-order chi connectivity index (χ1) is 12.9. The van der Waals surface area contributed by atoms with Crippen LogP contribution >= 0.6 is 0 Å². The highest BCUT2D eigenvalue weighted by molar-refractivity contribution is 6.37. The van der Waals surface area contributed by atoms with Crippen LogP contribution in [0.2, 0.25) is 0 Å². The lowest BCUT2D eigenvalue weighted by atomic mass is 10.1. The SMILES string of the molecule is Cc1cc(C(=O)COC(=O)C2=NNC(=O)CC2)c(C)n1-c1cccc(F)c1. The highest BCUT2D eigenvalue weighted by Gasteiger charge is 2.22. The fraction of sp³-hybridized carbons (Fsp3) is 0.263. The Bertz CT molecular complexity index is 962. The van der Waals surface area contributed by atoms with Crippen LogP contribution in [0.25, 0.3) is 5.69 Å². The fourth-order valence-electron chi connectivity index (χ4n) is 2.97. The first kappa shape index (κ1) is 18.5. The number of ether oxygens (including phenoxy) is 1. The average Bonchev–Trinajstić information content (AvgIpc) is 2.94. The molecule has 0 unspecified atom stereocenters. The molecule has 2 heterocycles. The molecule has 1 aliphatic rings. The number of amides is 1. The van der Waals surface area contributed by atoms with Gasteiger partial charge < -0.3 is 9.30 Å². The van der Waals surface area contributed by atoms with Crippen molar-refractivity contribution in [3.63, 3.8) is 0 Å². The number of nitrogens with zero attached hydrogens (tertiary/aromatic N) is 2. The first-order valence-electron chi connectivity index (χ1n) is 8.37. The number of benzene rings is 1. The van der Waals surface area contributed by atoms with Gasteiger partial charge >= 0.3 is 5.97 Å². The smallest absolute Gasteiger partial charge is 0.354 e. The summed E-state index contributed by atoms with van der Waals surface area (Å²) in [5, 5.41) is 3.64. The van der Waals surface area contributed by atoms with Crippen LogP contribution in [-0.4, -0.2) is 34.5 Å². The quantitative estimate of drug-likeness (QED) is 0.645. The minimum atomic E-state index is -0.734. The highest BCUT2D eigenvalue weighted by Crippen LogP contribution is 2.22. The Labute approximate surface area is 154 Å². The van der Waals surface area contributed by atoms with E-state index in [1.165, 1.54) is 12.1 Å². The zero-order valence-electron chi connectivity index (χ0n) is 14.9. The van der Waals surface area contributed by atoms with Gasteiger partial charge in [-0.3, -0.25) is 9.59 Å². The molecule has 1 aromatic heterocycles. The van der Waals surface area contributed by atoms with Crippen LogP contribution in [0.15, 0.2) is 35.4 Å². The number of halogens is 1. The Morgan fingerprint density at radius 2 is 2.04 bits per heavy atom. The lowest BCUT2D eigenvalue weighted by Gasteiger charge is -2.11. The first-order valence-corrected chi connectivity index (χ1v) is 8.37. The molecule has 1 aliphatic heterocycles. The second-order valence-electron chi connectivity index (χ2n) is 6.19. The third-order valence-corrected chi connectivity index (χ3v) is 4.27. The van der Waals surface area contributed by atoms with Gasteiger partial charge in [0.15, 0.2) is 6.61 Å². The maximum Gasteiger partial charge on any atom is 0.354 e. The van der Waals surface area contributed by atoms with Gasteiger partial charge in [-0.25, -0.2) is 14.6 Å². The van der Waals surface area contributed by atoms with Crippen LogP contribution in [0.1, 0.15) is 34.6 Å². The number of hydrogen-bond acceptors (Lipinski definition) is 5. The maximum atomic E-state index is 13.5. The van der Waals surface area contributed by atoms with Crippen molar-refractivity contribution in [3.8, 4) is 5.69 Å². The Morgan fingerprint density at radius 1 is 1.26 bits per heavy atom. The number of carbonyl (C=O) groups is 3. The molecular weight excluding hydrogens is 353 g/mol. The number of esters is 1. The molecule has 8 heteroatoms. The highest BCUT2D eigenvalue weighted by atomic mass is 19.1. The van der Waals surface area contributed by atoms with Gasteiger partial charge in [0.1, 0.15) is 11.5 Å². The third kappa shape index (κ3) is 3.94. The Kier molecular flexibility index (Phi) is 5.16. The molecule has 1 aromatic carbocycles. The minimum absolute atomic E-state index is 0.0765. The second-order valence-corrected chi connectivity index (χ2v) is 6.19. The van der Waals surface area contributed by atoms with E-state index in [1.807, 2.05) is 0 Å². The van der Waals surface area contributed by atoms with Gasteiger partial charge in [0, 0.05) is 35.5 Å². The van der Waals surface area contributed by atoms with Crippen molar-refractivity contribution < 1.29 is 23.5 Å². The number of aromatic nitrogens is 1. The van der Waals surface area contributed by atoms with Gasteiger partial charge in [0.25, 0.3) is 0 Å².